The van der Waals surface area contributed by atoms with Crippen molar-refractivity contribution in [1.82, 2.24) is 5.32 Å². The maximum atomic E-state index is 13.3. The average Bonchev–Trinajstić information content (AvgIpc) is 2.87. The molecule has 0 aliphatic carbocycles. The molecule has 0 radical (unpaired) electrons. The van der Waals surface area contributed by atoms with Crippen LogP contribution in [-0.4, -0.2) is 18.4 Å². The molecule has 0 aromatic heterocycles. The number of hydrogen-bond acceptors (Lipinski definition) is 2. The van der Waals surface area contributed by atoms with Crippen molar-refractivity contribution in [3.63, 3.8) is 0 Å². The van der Waals surface area contributed by atoms with E-state index in [1.165, 1.54) is 12.1 Å². The van der Waals surface area contributed by atoms with Gasteiger partial charge in [-0.1, -0.05) is 19.1 Å². The molecular weight excluding hydrogens is 307 g/mol. The SMILES string of the molecule is CCCNC(=O)c1ccc2c(c1)CC(=O)N2Cc1cccc(F)c1. The summed E-state index contributed by atoms with van der Waals surface area (Å²) in [6.45, 7) is 2.94. The molecule has 0 saturated carbocycles. The van der Waals surface area contributed by atoms with E-state index in [4.69, 9.17) is 0 Å². The molecule has 0 atom stereocenters. The Hall–Kier alpha value is -2.69. The van der Waals surface area contributed by atoms with E-state index in [1.807, 2.05) is 6.92 Å². The molecule has 1 N–H and O–H groups in total. The maximum Gasteiger partial charge on any atom is 0.251 e. The van der Waals surface area contributed by atoms with E-state index in [0.717, 1.165) is 23.2 Å². The lowest BCUT2D eigenvalue weighted by Crippen LogP contribution is -2.26. The number of hydrogen-bond donors (Lipinski definition) is 1. The predicted molar refractivity (Wildman–Crippen MR) is 90.4 cm³/mol. The predicted octanol–water partition coefficient (Wildman–Crippen LogP) is 3.05. The van der Waals surface area contributed by atoms with Gasteiger partial charge in [0.1, 0.15) is 5.82 Å². The topological polar surface area (TPSA) is 49.4 Å². The third-order valence-corrected chi connectivity index (χ3v) is 4.04. The highest BCUT2D eigenvalue weighted by Gasteiger charge is 2.28. The van der Waals surface area contributed by atoms with Gasteiger partial charge in [-0.25, -0.2) is 4.39 Å². The van der Waals surface area contributed by atoms with Gasteiger partial charge < -0.3 is 10.2 Å². The Balaban J connectivity index is 1.82. The second-order valence-electron chi connectivity index (χ2n) is 5.89. The minimum Gasteiger partial charge on any atom is -0.352 e. The monoisotopic (exact) mass is 326 g/mol. The molecule has 0 unspecified atom stereocenters. The van der Waals surface area contributed by atoms with Crippen LogP contribution in [0.4, 0.5) is 10.1 Å². The fourth-order valence-electron chi connectivity index (χ4n) is 2.86. The van der Waals surface area contributed by atoms with Gasteiger partial charge in [0.25, 0.3) is 5.91 Å². The summed E-state index contributed by atoms with van der Waals surface area (Å²) in [5.41, 5.74) is 2.92. The molecule has 2 aromatic rings. The molecule has 4 nitrogen and oxygen atoms in total. The number of anilines is 1. The first-order valence-electron chi connectivity index (χ1n) is 8.04. The Bertz CT molecular complexity index is 789. The zero-order valence-corrected chi connectivity index (χ0v) is 13.5. The van der Waals surface area contributed by atoms with Gasteiger partial charge in [0, 0.05) is 17.8 Å². The van der Waals surface area contributed by atoms with Crippen LogP contribution >= 0.6 is 0 Å². The van der Waals surface area contributed by atoms with Crippen LogP contribution in [0.25, 0.3) is 0 Å². The van der Waals surface area contributed by atoms with Crippen LogP contribution in [-0.2, 0) is 17.8 Å². The minimum atomic E-state index is -0.317. The number of halogens is 1. The molecule has 5 heteroatoms. The van der Waals surface area contributed by atoms with Crippen LogP contribution in [0.1, 0.15) is 34.8 Å². The molecule has 2 amide bonds. The third-order valence-electron chi connectivity index (χ3n) is 4.04. The van der Waals surface area contributed by atoms with E-state index < -0.39 is 0 Å². The minimum absolute atomic E-state index is 0.0413. The van der Waals surface area contributed by atoms with Crippen LogP contribution in [0.15, 0.2) is 42.5 Å². The molecule has 3 rings (SSSR count). The average molecular weight is 326 g/mol. The summed E-state index contributed by atoms with van der Waals surface area (Å²) < 4.78 is 13.3. The van der Waals surface area contributed by atoms with E-state index in [1.54, 1.807) is 35.2 Å². The Kier molecular flexibility index (Phi) is 4.60. The fraction of sp³-hybridized carbons (Fsp3) is 0.263. The van der Waals surface area contributed by atoms with Gasteiger partial charge in [0.15, 0.2) is 0 Å². The Morgan fingerprint density at radius 2 is 2.08 bits per heavy atom. The van der Waals surface area contributed by atoms with Crippen molar-refractivity contribution in [2.45, 2.75) is 26.3 Å². The summed E-state index contributed by atoms with van der Waals surface area (Å²) in [6.07, 6.45) is 1.14. The van der Waals surface area contributed by atoms with E-state index >= 15 is 0 Å². The van der Waals surface area contributed by atoms with E-state index in [2.05, 4.69) is 5.32 Å². The van der Waals surface area contributed by atoms with Crippen molar-refractivity contribution in [3.05, 3.63) is 65.0 Å². The van der Waals surface area contributed by atoms with Gasteiger partial charge in [-0.05, 0) is 47.9 Å². The quantitative estimate of drug-likeness (QED) is 0.918. The lowest BCUT2D eigenvalue weighted by molar-refractivity contribution is -0.117. The number of nitrogens with zero attached hydrogens (tertiary/aromatic N) is 1. The van der Waals surface area contributed by atoms with Crippen LogP contribution in [0, 0.1) is 5.82 Å². The summed E-state index contributed by atoms with van der Waals surface area (Å²) >= 11 is 0. The van der Waals surface area contributed by atoms with Crippen molar-refractivity contribution >= 4 is 17.5 Å². The fourth-order valence-corrected chi connectivity index (χ4v) is 2.86. The van der Waals surface area contributed by atoms with Crippen LogP contribution in [0.2, 0.25) is 0 Å². The van der Waals surface area contributed by atoms with Gasteiger partial charge in [0.2, 0.25) is 5.91 Å². The zero-order chi connectivity index (χ0) is 17.1. The lowest BCUT2D eigenvalue weighted by Gasteiger charge is -2.18. The van der Waals surface area contributed by atoms with Crippen molar-refractivity contribution in [1.29, 1.82) is 0 Å². The van der Waals surface area contributed by atoms with Crippen LogP contribution < -0.4 is 10.2 Å². The number of rotatable bonds is 5. The molecule has 24 heavy (non-hydrogen) atoms. The third kappa shape index (κ3) is 3.30. The highest BCUT2D eigenvalue weighted by atomic mass is 19.1. The summed E-state index contributed by atoms with van der Waals surface area (Å²) in [5.74, 6) is -0.488. The van der Waals surface area contributed by atoms with Gasteiger partial charge in [-0.3, -0.25) is 9.59 Å². The number of fused-ring (bicyclic) bond motifs is 1. The number of carbonyl (C=O) groups excluding carboxylic acids is 2. The van der Waals surface area contributed by atoms with Gasteiger partial charge in [-0.15, -0.1) is 0 Å². The second kappa shape index (κ2) is 6.83. The smallest absolute Gasteiger partial charge is 0.251 e. The number of nitrogens with one attached hydrogen (secondary N) is 1. The first-order chi connectivity index (χ1) is 11.6. The highest BCUT2D eigenvalue weighted by Crippen LogP contribution is 2.31. The normalized spacial score (nSPS) is 13.1. The maximum absolute atomic E-state index is 13.3. The number of amides is 2. The van der Waals surface area contributed by atoms with Crippen molar-refractivity contribution < 1.29 is 14.0 Å². The Labute approximate surface area is 140 Å². The largest absolute Gasteiger partial charge is 0.352 e. The lowest BCUT2D eigenvalue weighted by atomic mass is 10.1. The molecule has 0 spiro atoms. The number of benzene rings is 2. The van der Waals surface area contributed by atoms with E-state index in [-0.39, 0.29) is 24.1 Å². The zero-order valence-electron chi connectivity index (χ0n) is 13.5. The molecule has 1 heterocycles. The highest BCUT2D eigenvalue weighted by molar-refractivity contribution is 6.03. The molecule has 1 aliphatic rings. The second-order valence-corrected chi connectivity index (χ2v) is 5.89. The molecule has 0 saturated heterocycles. The van der Waals surface area contributed by atoms with Crippen molar-refractivity contribution in [3.8, 4) is 0 Å². The van der Waals surface area contributed by atoms with Crippen LogP contribution in [0.5, 0.6) is 0 Å². The number of carbonyl (C=O) groups is 2. The van der Waals surface area contributed by atoms with Gasteiger partial charge in [0.05, 0.1) is 13.0 Å². The van der Waals surface area contributed by atoms with Gasteiger partial charge in [-0.2, -0.15) is 0 Å². The molecule has 0 fully saturated rings. The molecule has 2 aromatic carbocycles. The van der Waals surface area contributed by atoms with E-state index in [9.17, 15) is 14.0 Å². The van der Waals surface area contributed by atoms with Crippen molar-refractivity contribution in [2.75, 3.05) is 11.4 Å². The Morgan fingerprint density at radius 3 is 2.83 bits per heavy atom. The van der Waals surface area contributed by atoms with Gasteiger partial charge >= 0.3 is 0 Å². The molecular formula is C19H19FN2O2. The summed E-state index contributed by atoms with van der Waals surface area (Å²) in [7, 11) is 0. The first kappa shape index (κ1) is 16.2. The summed E-state index contributed by atoms with van der Waals surface area (Å²) in [4.78, 5) is 26.0. The molecule has 1 aliphatic heterocycles. The van der Waals surface area contributed by atoms with Crippen molar-refractivity contribution in [2.24, 2.45) is 0 Å². The van der Waals surface area contributed by atoms with E-state index in [0.29, 0.717) is 18.7 Å². The van der Waals surface area contributed by atoms with Crippen LogP contribution in [0.3, 0.4) is 0 Å². The summed E-state index contributed by atoms with van der Waals surface area (Å²) in [5, 5.41) is 2.83. The molecule has 0 bridgehead atoms. The first-order valence-corrected chi connectivity index (χ1v) is 8.04. The molecule has 124 valence electrons. The Morgan fingerprint density at radius 1 is 1.25 bits per heavy atom. The summed E-state index contributed by atoms with van der Waals surface area (Å²) in [6, 6.07) is 11.5. The standard InChI is InChI=1S/C19H19FN2O2/c1-2-8-21-19(24)14-6-7-17-15(10-14)11-18(23)22(17)12-13-4-3-5-16(20)9-13/h3-7,9-10H,2,8,11-12H2,1H3,(H,21,24).